The van der Waals surface area contributed by atoms with E-state index < -0.39 is 17.5 Å². The van der Waals surface area contributed by atoms with Crippen molar-refractivity contribution in [1.82, 2.24) is 0 Å². The van der Waals surface area contributed by atoms with Crippen LogP contribution in [0.1, 0.15) is 19.4 Å². The molecular weight excluding hydrogens is 264 g/mol. The minimum Gasteiger partial charge on any atom is -0.497 e. The molecule has 0 atom stereocenters. The zero-order valence-corrected chi connectivity index (χ0v) is 11.7. The SMILES string of the molecule is CCOC(=O)C(O)(C(=O)OCC)c1ccc(OC)cc1. The van der Waals surface area contributed by atoms with Gasteiger partial charge in [-0.2, -0.15) is 0 Å². The number of carbonyl (C=O) groups excluding carboxylic acids is 2. The van der Waals surface area contributed by atoms with Crippen molar-refractivity contribution in [2.75, 3.05) is 20.3 Å². The molecule has 0 aromatic heterocycles. The van der Waals surface area contributed by atoms with Crippen LogP contribution in [-0.2, 0) is 24.7 Å². The summed E-state index contributed by atoms with van der Waals surface area (Å²) in [5, 5.41) is 10.5. The highest BCUT2D eigenvalue weighted by molar-refractivity contribution is 6.04. The Kier molecular flexibility index (Phi) is 5.52. The highest BCUT2D eigenvalue weighted by atomic mass is 16.6. The number of methoxy groups -OCH3 is 1. The monoisotopic (exact) mass is 282 g/mol. The number of aliphatic hydroxyl groups is 1. The molecule has 0 heterocycles. The van der Waals surface area contributed by atoms with Crippen molar-refractivity contribution < 1.29 is 28.9 Å². The van der Waals surface area contributed by atoms with Gasteiger partial charge in [-0.3, -0.25) is 0 Å². The summed E-state index contributed by atoms with van der Waals surface area (Å²) in [6.45, 7) is 3.24. The zero-order valence-electron chi connectivity index (χ0n) is 11.7. The average molecular weight is 282 g/mol. The standard InChI is InChI=1S/C14H18O6/c1-4-19-12(15)14(17,13(16)20-5-2)10-6-8-11(18-3)9-7-10/h6-9,17H,4-5H2,1-3H3. The molecule has 1 N–H and O–H groups in total. The first-order valence-corrected chi connectivity index (χ1v) is 6.22. The Balaban J connectivity index is 3.20. The van der Waals surface area contributed by atoms with E-state index >= 15 is 0 Å². The number of hydrogen-bond donors (Lipinski definition) is 1. The maximum atomic E-state index is 11.9. The predicted octanol–water partition coefficient (Wildman–Crippen LogP) is 1.01. The maximum absolute atomic E-state index is 11.9. The minimum atomic E-state index is -2.47. The second kappa shape index (κ2) is 6.91. The van der Waals surface area contributed by atoms with Crippen LogP contribution in [0.25, 0.3) is 0 Å². The van der Waals surface area contributed by atoms with Gasteiger partial charge in [0.15, 0.2) is 0 Å². The van der Waals surface area contributed by atoms with Crippen LogP contribution in [-0.4, -0.2) is 37.4 Å². The smallest absolute Gasteiger partial charge is 0.354 e. The van der Waals surface area contributed by atoms with Crippen LogP contribution in [0.15, 0.2) is 24.3 Å². The molecule has 0 saturated heterocycles. The number of benzene rings is 1. The summed E-state index contributed by atoms with van der Waals surface area (Å²) in [5.41, 5.74) is -2.41. The van der Waals surface area contributed by atoms with Crippen molar-refractivity contribution in [3.8, 4) is 5.75 Å². The van der Waals surface area contributed by atoms with E-state index in [9.17, 15) is 14.7 Å². The molecule has 0 unspecified atom stereocenters. The van der Waals surface area contributed by atoms with Gasteiger partial charge in [0.05, 0.1) is 20.3 Å². The zero-order chi connectivity index (χ0) is 15.2. The molecule has 0 aliphatic heterocycles. The van der Waals surface area contributed by atoms with Crippen molar-refractivity contribution in [3.05, 3.63) is 29.8 Å². The van der Waals surface area contributed by atoms with Gasteiger partial charge in [0.1, 0.15) is 5.75 Å². The molecule has 0 spiro atoms. The van der Waals surface area contributed by atoms with E-state index in [1.165, 1.54) is 31.4 Å². The van der Waals surface area contributed by atoms with Crippen LogP contribution >= 0.6 is 0 Å². The number of esters is 2. The number of ether oxygens (including phenoxy) is 3. The van der Waals surface area contributed by atoms with E-state index in [0.717, 1.165) is 0 Å². The molecule has 0 aliphatic rings. The van der Waals surface area contributed by atoms with Gasteiger partial charge in [0.25, 0.3) is 5.60 Å². The summed E-state index contributed by atoms with van der Waals surface area (Å²) in [5.74, 6) is -1.60. The van der Waals surface area contributed by atoms with E-state index in [2.05, 4.69) is 0 Å². The summed E-state index contributed by atoms with van der Waals surface area (Å²) in [4.78, 5) is 23.9. The molecule has 0 aliphatic carbocycles. The fourth-order valence-corrected chi connectivity index (χ4v) is 1.62. The third kappa shape index (κ3) is 3.08. The molecule has 1 aromatic carbocycles. The van der Waals surface area contributed by atoms with Crippen molar-refractivity contribution in [1.29, 1.82) is 0 Å². The van der Waals surface area contributed by atoms with Crippen LogP contribution in [0.2, 0.25) is 0 Å². The van der Waals surface area contributed by atoms with Crippen LogP contribution < -0.4 is 4.74 Å². The van der Waals surface area contributed by atoms with Crippen LogP contribution in [0, 0.1) is 0 Å². The topological polar surface area (TPSA) is 82.1 Å². The molecule has 6 nitrogen and oxygen atoms in total. The quantitative estimate of drug-likeness (QED) is 0.619. The van der Waals surface area contributed by atoms with Crippen molar-refractivity contribution in [3.63, 3.8) is 0 Å². The van der Waals surface area contributed by atoms with Crippen LogP contribution in [0.4, 0.5) is 0 Å². The molecule has 110 valence electrons. The molecule has 1 rings (SSSR count). The fourth-order valence-electron chi connectivity index (χ4n) is 1.62. The minimum absolute atomic E-state index is 0.0384. The van der Waals surface area contributed by atoms with Gasteiger partial charge < -0.3 is 19.3 Å². The van der Waals surface area contributed by atoms with Crippen molar-refractivity contribution in [2.24, 2.45) is 0 Å². The Hall–Kier alpha value is -2.08. The molecule has 1 aromatic rings. The molecule has 0 amide bonds. The van der Waals surface area contributed by atoms with Gasteiger partial charge in [0, 0.05) is 5.56 Å². The summed E-state index contributed by atoms with van der Waals surface area (Å²) in [6.07, 6.45) is 0. The van der Waals surface area contributed by atoms with E-state index in [0.29, 0.717) is 5.75 Å². The maximum Gasteiger partial charge on any atom is 0.354 e. The third-order valence-electron chi connectivity index (χ3n) is 2.65. The average Bonchev–Trinajstić information content (AvgIpc) is 2.47. The molecule has 0 saturated carbocycles. The Morgan fingerprint density at radius 3 is 1.85 bits per heavy atom. The van der Waals surface area contributed by atoms with Gasteiger partial charge >= 0.3 is 11.9 Å². The molecule has 6 heteroatoms. The highest BCUT2D eigenvalue weighted by Crippen LogP contribution is 2.26. The van der Waals surface area contributed by atoms with Crippen LogP contribution in [0.5, 0.6) is 5.75 Å². The Labute approximate surface area is 117 Å². The molecule has 0 fully saturated rings. The van der Waals surface area contributed by atoms with Crippen molar-refractivity contribution >= 4 is 11.9 Å². The largest absolute Gasteiger partial charge is 0.497 e. The Morgan fingerprint density at radius 2 is 1.50 bits per heavy atom. The highest BCUT2D eigenvalue weighted by Gasteiger charge is 2.49. The fraction of sp³-hybridized carbons (Fsp3) is 0.429. The van der Waals surface area contributed by atoms with Gasteiger partial charge in [-0.1, -0.05) is 12.1 Å². The van der Waals surface area contributed by atoms with Gasteiger partial charge in [0.2, 0.25) is 0 Å². The van der Waals surface area contributed by atoms with E-state index in [1.54, 1.807) is 13.8 Å². The van der Waals surface area contributed by atoms with E-state index in [4.69, 9.17) is 14.2 Å². The van der Waals surface area contributed by atoms with Gasteiger partial charge in [-0.05, 0) is 26.0 Å². The Bertz CT molecular complexity index is 447. The number of hydrogen-bond acceptors (Lipinski definition) is 6. The molecular formula is C14H18O6. The van der Waals surface area contributed by atoms with E-state index in [-0.39, 0.29) is 18.8 Å². The van der Waals surface area contributed by atoms with Crippen LogP contribution in [0.3, 0.4) is 0 Å². The molecule has 20 heavy (non-hydrogen) atoms. The lowest BCUT2D eigenvalue weighted by Crippen LogP contribution is -2.46. The summed E-state index contributed by atoms with van der Waals surface area (Å²) in [6, 6.07) is 5.87. The first kappa shape index (κ1) is 16.0. The lowest BCUT2D eigenvalue weighted by Gasteiger charge is -2.24. The second-order valence-corrected chi connectivity index (χ2v) is 3.88. The first-order valence-electron chi connectivity index (χ1n) is 6.22. The predicted molar refractivity (Wildman–Crippen MR) is 70.2 cm³/mol. The third-order valence-corrected chi connectivity index (χ3v) is 2.65. The summed E-state index contributed by atoms with van der Waals surface area (Å²) >= 11 is 0. The summed E-state index contributed by atoms with van der Waals surface area (Å²) < 4.78 is 14.5. The normalized spacial score (nSPS) is 10.8. The lowest BCUT2D eigenvalue weighted by atomic mass is 9.94. The van der Waals surface area contributed by atoms with E-state index in [1.807, 2.05) is 0 Å². The van der Waals surface area contributed by atoms with Gasteiger partial charge in [-0.25, -0.2) is 9.59 Å². The molecule has 0 bridgehead atoms. The number of rotatable bonds is 6. The number of carbonyl (C=O) groups is 2. The van der Waals surface area contributed by atoms with Crippen molar-refractivity contribution in [2.45, 2.75) is 19.4 Å². The molecule has 0 radical (unpaired) electrons. The second-order valence-electron chi connectivity index (χ2n) is 3.88. The summed E-state index contributed by atoms with van der Waals surface area (Å²) in [7, 11) is 1.48. The lowest BCUT2D eigenvalue weighted by molar-refractivity contribution is -0.184. The first-order chi connectivity index (χ1) is 9.50. The van der Waals surface area contributed by atoms with Gasteiger partial charge in [-0.15, -0.1) is 0 Å². The Morgan fingerprint density at radius 1 is 1.05 bits per heavy atom.